The Balaban J connectivity index is 2.04. The summed E-state index contributed by atoms with van der Waals surface area (Å²) in [6, 6.07) is 0. The maximum absolute atomic E-state index is 12.1. The molecule has 1 saturated heterocycles. The molecule has 2 rings (SSSR count). The van der Waals surface area contributed by atoms with Gasteiger partial charge in [-0.3, -0.25) is 19.3 Å². The van der Waals surface area contributed by atoms with Crippen LogP contribution in [0.25, 0.3) is 0 Å². The first-order valence-electron chi connectivity index (χ1n) is 6.61. The number of carbonyl (C=O) groups is 3. The number of fused-ring (bicyclic) bond motifs is 1. The standard InChI is InChI=1S/C14H20N2O3/c1-14(2,3)15-11(17)8-16-12(18)9-6-4-5-7-10(9)13(16)19/h4-5,9-10H,6-8H2,1-3H3,(H,15,17). The van der Waals surface area contributed by atoms with Crippen LogP contribution in [0.5, 0.6) is 0 Å². The van der Waals surface area contributed by atoms with Gasteiger partial charge in [-0.15, -0.1) is 0 Å². The van der Waals surface area contributed by atoms with Gasteiger partial charge in [-0.05, 0) is 33.6 Å². The van der Waals surface area contributed by atoms with Gasteiger partial charge in [-0.1, -0.05) is 12.2 Å². The lowest BCUT2D eigenvalue weighted by atomic mass is 9.85. The van der Waals surface area contributed by atoms with Gasteiger partial charge in [0.1, 0.15) is 6.54 Å². The number of imide groups is 1. The molecular formula is C14H20N2O3. The third-order valence-electron chi connectivity index (χ3n) is 3.41. The van der Waals surface area contributed by atoms with Crippen molar-refractivity contribution in [1.29, 1.82) is 0 Å². The number of amides is 3. The van der Waals surface area contributed by atoms with Crippen molar-refractivity contribution in [2.45, 2.75) is 39.2 Å². The monoisotopic (exact) mass is 264 g/mol. The average Bonchev–Trinajstić information content (AvgIpc) is 2.53. The number of rotatable bonds is 2. The van der Waals surface area contributed by atoms with E-state index in [4.69, 9.17) is 0 Å². The van der Waals surface area contributed by atoms with Crippen molar-refractivity contribution in [3.63, 3.8) is 0 Å². The average molecular weight is 264 g/mol. The molecule has 3 amide bonds. The highest BCUT2D eigenvalue weighted by Gasteiger charge is 2.47. The summed E-state index contributed by atoms with van der Waals surface area (Å²) >= 11 is 0. The zero-order chi connectivity index (χ0) is 14.2. The molecule has 104 valence electrons. The topological polar surface area (TPSA) is 66.5 Å². The molecule has 5 nitrogen and oxygen atoms in total. The summed E-state index contributed by atoms with van der Waals surface area (Å²) in [5.74, 6) is -1.23. The predicted octanol–water partition coefficient (Wildman–Crippen LogP) is 0.852. The van der Waals surface area contributed by atoms with E-state index in [0.29, 0.717) is 12.8 Å². The second kappa shape index (κ2) is 4.79. The predicted molar refractivity (Wildman–Crippen MR) is 70.0 cm³/mol. The Morgan fingerprint density at radius 3 is 2.11 bits per heavy atom. The van der Waals surface area contributed by atoms with E-state index in [0.717, 1.165) is 4.90 Å². The minimum absolute atomic E-state index is 0.165. The van der Waals surface area contributed by atoms with Crippen molar-refractivity contribution >= 4 is 17.7 Å². The van der Waals surface area contributed by atoms with E-state index < -0.39 is 0 Å². The van der Waals surface area contributed by atoms with Gasteiger partial charge in [0.25, 0.3) is 0 Å². The molecule has 2 atom stereocenters. The Hall–Kier alpha value is -1.65. The summed E-state index contributed by atoms with van der Waals surface area (Å²) in [5.41, 5.74) is -0.364. The van der Waals surface area contributed by atoms with Crippen LogP contribution in [0.4, 0.5) is 0 Å². The van der Waals surface area contributed by atoms with Crippen LogP contribution in [0.15, 0.2) is 12.2 Å². The number of nitrogens with one attached hydrogen (secondary N) is 1. The number of allylic oxidation sites excluding steroid dienone is 2. The first kappa shape index (κ1) is 13.8. The molecule has 1 aliphatic heterocycles. The lowest BCUT2D eigenvalue weighted by Gasteiger charge is -2.22. The molecule has 0 aromatic carbocycles. The van der Waals surface area contributed by atoms with Gasteiger partial charge in [0.2, 0.25) is 17.7 Å². The fraction of sp³-hybridized carbons (Fsp3) is 0.643. The van der Waals surface area contributed by atoms with Crippen LogP contribution in [0.1, 0.15) is 33.6 Å². The number of hydrogen-bond donors (Lipinski definition) is 1. The van der Waals surface area contributed by atoms with Crippen molar-refractivity contribution < 1.29 is 14.4 Å². The Labute approximate surface area is 113 Å². The first-order chi connectivity index (χ1) is 8.79. The quantitative estimate of drug-likeness (QED) is 0.594. The summed E-state index contributed by atoms with van der Waals surface area (Å²) < 4.78 is 0. The van der Waals surface area contributed by atoms with Crippen LogP contribution in [0.3, 0.4) is 0 Å². The number of carbonyl (C=O) groups excluding carboxylic acids is 3. The molecule has 1 N–H and O–H groups in total. The van der Waals surface area contributed by atoms with Crippen molar-refractivity contribution in [1.82, 2.24) is 10.2 Å². The maximum Gasteiger partial charge on any atom is 0.240 e. The molecule has 1 aliphatic carbocycles. The van der Waals surface area contributed by atoms with Gasteiger partial charge in [0.05, 0.1) is 11.8 Å². The van der Waals surface area contributed by atoms with E-state index in [-0.39, 0.29) is 41.6 Å². The lowest BCUT2D eigenvalue weighted by Crippen LogP contribution is -2.47. The molecular weight excluding hydrogens is 244 g/mol. The molecule has 0 aromatic rings. The van der Waals surface area contributed by atoms with Crippen LogP contribution in [-0.4, -0.2) is 34.7 Å². The van der Waals surface area contributed by atoms with Gasteiger partial charge < -0.3 is 5.32 Å². The molecule has 2 unspecified atom stereocenters. The van der Waals surface area contributed by atoms with Crippen LogP contribution in [0, 0.1) is 11.8 Å². The summed E-state index contributed by atoms with van der Waals surface area (Å²) in [6.45, 7) is 5.43. The lowest BCUT2D eigenvalue weighted by molar-refractivity contribution is -0.144. The molecule has 5 heteroatoms. The molecule has 0 saturated carbocycles. The highest BCUT2D eigenvalue weighted by molar-refractivity contribution is 6.07. The largest absolute Gasteiger partial charge is 0.350 e. The molecule has 2 aliphatic rings. The Kier molecular flexibility index (Phi) is 3.47. The van der Waals surface area contributed by atoms with Crippen molar-refractivity contribution in [3.8, 4) is 0 Å². The minimum atomic E-state index is -0.364. The third-order valence-corrected chi connectivity index (χ3v) is 3.41. The maximum atomic E-state index is 12.1. The SMILES string of the molecule is CC(C)(C)NC(=O)CN1C(=O)C2CC=CCC2C1=O. The van der Waals surface area contributed by atoms with Gasteiger partial charge in [-0.25, -0.2) is 0 Å². The summed E-state index contributed by atoms with van der Waals surface area (Å²) in [5, 5.41) is 2.77. The third kappa shape index (κ3) is 2.85. The first-order valence-corrected chi connectivity index (χ1v) is 6.61. The van der Waals surface area contributed by atoms with Gasteiger partial charge >= 0.3 is 0 Å². The Bertz CT molecular complexity index is 422. The van der Waals surface area contributed by atoms with E-state index in [1.807, 2.05) is 32.9 Å². The summed E-state index contributed by atoms with van der Waals surface area (Å²) in [4.78, 5) is 37.2. The fourth-order valence-electron chi connectivity index (χ4n) is 2.63. The Morgan fingerprint density at radius 1 is 1.21 bits per heavy atom. The highest BCUT2D eigenvalue weighted by Crippen LogP contribution is 2.34. The van der Waals surface area contributed by atoms with Crippen molar-refractivity contribution in [3.05, 3.63) is 12.2 Å². The second-order valence-electron chi connectivity index (χ2n) is 6.22. The number of nitrogens with zero attached hydrogens (tertiary/aromatic N) is 1. The van der Waals surface area contributed by atoms with Crippen LogP contribution < -0.4 is 5.32 Å². The van der Waals surface area contributed by atoms with Crippen molar-refractivity contribution in [2.24, 2.45) is 11.8 Å². The Morgan fingerprint density at radius 2 is 1.68 bits per heavy atom. The van der Waals surface area contributed by atoms with Crippen LogP contribution in [0.2, 0.25) is 0 Å². The normalized spacial score (nSPS) is 26.6. The highest BCUT2D eigenvalue weighted by atomic mass is 16.2. The van der Waals surface area contributed by atoms with Crippen LogP contribution in [-0.2, 0) is 14.4 Å². The van der Waals surface area contributed by atoms with E-state index in [1.165, 1.54) is 0 Å². The molecule has 19 heavy (non-hydrogen) atoms. The molecule has 0 spiro atoms. The molecule has 0 radical (unpaired) electrons. The van der Waals surface area contributed by atoms with Gasteiger partial charge in [0, 0.05) is 5.54 Å². The fourth-order valence-corrected chi connectivity index (χ4v) is 2.63. The molecule has 0 aromatic heterocycles. The molecule has 1 fully saturated rings. The zero-order valence-corrected chi connectivity index (χ0v) is 11.6. The smallest absolute Gasteiger partial charge is 0.240 e. The van der Waals surface area contributed by atoms with E-state index in [9.17, 15) is 14.4 Å². The van der Waals surface area contributed by atoms with Gasteiger partial charge in [-0.2, -0.15) is 0 Å². The molecule has 0 bridgehead atoms. The minimum Gasteiger partial charge on any atom is -0.350 e. The summed E-state index contributed by atoms with van der Waals surface area (Å²) in [6.07, 6.45) is 5.08. The summed E-state index contributed by atoms with van der Waals surface area (Å²) in [7, 11) is 0. The van der Waals surface area contributed by atoms with E-state index in [2.05, 4.69) is 5.32 Å². The van der Waals surface area contributed by atoms with E-state index in [1.54, 1.807) is 0 Å². The molecule has 1 heterocycles. The van der Waals surface area contributed by atoms with Crippen LogP contribution >= 0.6 is 0 Å². The van der Waals surface area contributed by atoms with Gasteiger partial charge in [0.15, 0.2) is 0 Å². The van der Waals surface area contributed by atoms with E-state index >= 15 is 0 Å². The number of hydrogen-bond acceptors (Lipinski definition) is 3. The van der Waals surface area contributed by atoms with Crippen molar-refractivity contribution in [2.75, 3.05) is 6.54 Å². The zero-order valence-electron chi connectivity index (χ0n) is 11.6. The second-order valence-corrected chi connectivity index (χ2v) is 6.22. The number of likely N-dealkylation sites (tertiary alicyclic amines) is 1.